The molecule has 0 spiro atoms. The Morgan fingerprint density at radius 3 is 2.12 bits per heavy atom. The summed E-state index contributed by atoms with van der Waals surface area (Å²) in [6.45, 7) is 4.43. The van der Waals surface area contributed by atoms with Crippen molar-refractivity contribution < 1.29 is 18.7 Å². The van der Waals surface area contributed by atoms with Gasteiger partial charge in [0.15, 0.2) is 0 Å². The number of benzene rings is 3. The van der Waals surface area contributed by atoms with Crippen LogP contribution in [0.15, 0.2) is 84.6 Å². The lowest BCUT2D eigenvalue weighted by Gasteiger charge is -2.21. The third-order valence-corrected chi connectivity index (χ3v) is 5.56. The van der Waals surface area contributed by atoms with Crippen LogP contribution in [0.1, 0.15) is 30.5 Å². The highest BCUT2D eigenvalue weighted by Crippen LogP contribution is 2.33. The maximum atomic E-state index is 13.5. The molecule has 4 rings (SSSR count). The van der Waals surface area contributed by atoms with E-state index in [1.807, 2.05) is 56.1 Å². The van der Waals surface area contributed by atoms with E-state index in [1.165, 1.54) is 17.0 Å². The molecule has 0 bridgehead atoms. The van der Waals surface area contributed by atoms with Gasteiger partial charge in [-0.3, -0.25) is 14.5 Å². The lowest BCUT2D eigenvalue weighted by molar-refractivity contribution is -0.138. The number of ether oxygens (including phenoxy) is 1. The van der Waals surface area contributed by atoms with E-state index >= 15 is 0 Å². The van der Waals surface area contributed by atoms with Crippen molar-refractivity contribution in [3.63, 3.8) is 0 Å². The highest BCUT2D eigenvalue weighted by Gasteiger charge is 2.40. The van der Waals surface area contributed by atoms with E-state index in [9.17, 15) is 14.0 Å². The Bertz CT molecular complexity index is 1200. The van der Waals surface area contributed by atoms with Crippen molar-refractivity contribution in [2.45, 2.75) is 33.0 Å². The van der Waals surface area contributed by atoms with Crippen LogP contribution >= 0.6 is 0 Å². The van der Waals surface area contributed by atoms with E-state index in [-0.39, 0.29) is 30.3 Å². The Morgan fingerprint density at radius 2 is 1.50 bits per heavy atom. The van der Waals surface area contributed by atoms with Crippen LogP contribution in [0.4, 0.5) is 4.39 Å². The summed E-state index contributed by atoms with van der Waals surface area (Å²) in [7, 11) is 1.81. The van der Waals surface area contributed by atoms with Crippen molar-refractivity contribution in [2.24, 2.45) is 0 Å². The first-order chi connectivity index (χ1) is 16.3. The molecular formula is C28H27FN2O3. The molecule has 34 heavy (non-hydrogen) atoms. The van der Waals surface area contributed by atoms with Gasteiger partial charge in [0.1, 0.15) is 17.3 Å². The second-order valence-electron chi connectivity index (χ2n) is 8.58. The lowest BCUT2D eigenvalue weighted by atomic mass is 10.0. The number of amides is 2. The summed E-state index contributed by atoms with van der Waals surface area (Å²) >= 11 is 0. The normalized spacial score (nSPS) is 13.7. The Labute approximate surface area is 199 Å². The number of hydrogen-bond acceptors (Lipinski definition) is 4. The van der Waals surface area contributed by atoms with Crippen molar-refractivity contribution >= 4 is 17.4 Å². The number of imide groups is 1. The number of nitrogens with zero attached hydrogens (tertiary/aromatic N) is 2. The first-order valence-electron chi connectivity index (χ1n) is 11.2. The van der Waals surface area contributed by atoms with Crippen LogP contribution in [0.3, 0.4) is 0 Å². The van der Waals surface area contributed by atoms with Gasteiger partial charge in [-0.15, -0.1) is 0 Å². The third-order valence-electron chi connectivity index (χ3n) is 5.56. The van der Waals surface area contributed by atoms with Gasteiger partial charge in [0.2, 0.25) is 0 Å². The zero-order chi connectivity index (χ0) is 24.2. The third kappa shape index (κ3) is 5.01. The van der Waals surface area contributed by atoms with Crippen molar-refractivity contribution in [3.8, 4) is 5.75 Å². The van der Waals surface area contributed by atoms with E-state index < -0.39 is 0 Å². The molecule has 2 amide bonds. The van der Waals surface area contributed by atoms with E-state index in [4.69, 9.17) is 4.74 Å². The number of hydrogen-bond donors (Lipinski definition) is 0. The summed E-state index contributed by atoms with van der Waals surface area (Å²) in [5, 5.41) is 0. The lowest BCUT2D eigenvalue weighted by Crippen LogP contribution is -2.33. The summed E-state index contributed by atoms with van der Waals surface area (Å²) in [4.78, 5) is 30.1. The molecule has 0 N–H and O–H groups in total. The maximum absolute atomic E-state index is 13.5. The Kier molecular flexibility index (Phi) is 6.77. The van der Waals surface area contributed by atoms with Crippen molar-refractivity contribution in [1.82, 2.24) is 9.80 Å². The van der Waals surface area contributed by atoms with Gasteiger partial charge in [-0.25, -0.2) is 4.39 Å². The predicted molar refractivity (Wildman–Crippen MR) is 129 cm³/mol. The first-order valence-corrected chi connectivity index (χ1v) is 11.2. The zero-order valence-corrected chi connectivity index (χ0v) is 19.5. The summed E-state index contributed by atoms with van der Waals surface area (Å²) in [6, 6.07) is 22.8. The van der Waals surface area contributed by atoms with E-state index in [0.29, 0.717) is 34.7 Å². The SMILES string of the molecule is CC(C)Oc1ccc(C2=C(N(C)Cc3ccccc3)C(=O)N(Cc3ccc(F)cc3)C2=O)cc1. The molecule has 3 aromatic rings. The molecule has 0 fully saturated rings. The van der Waals surface area contributed by atoms with Gasteiger partial charge in [-0.2, -0.15) is 0 Å². The summed E-state index contributed by atoms with van der Waals surface area (Å²) in [5.74, 6) is -0.417. The average molecular weight is 459 g/mol. The highest BCUT2D eigenvalue weighted by molar-refractivity contribution is 6.35. The number of likely N-dealkylation sites (N-methyl/N-ethyl adjacent to an activating group) is 1. The summed E-state index contributed by atoms with van der Waals surface area (Å²) < 4.78 is 19.1. The number of rotatable bonds is 8. The molecule has 0 saturated carbocycles. The molecule has 1 heterocycles. The van der Waals surface area contributed by atoms with Gasteiger partial charge >= 0.3 is 0 Å². The number of halogens is 1. The van der Waals surface area contributed by atoms with Gasteiger partial charge in [0.25, 0.3) is 11.8 Å². The number of carbonyl (C=O) groups excluding carboxylic acids is 2. The molecule has 6 heteroatoms. The van der Waals surface area contributed by atoms with Crippen molar-refractivity contribution in [1.29, 1.82) is 0 Å². The fraction of sp³-hybridized carbons (Fsp3) is 0.214. The van der Waals surface area contributed by atoms with E-state index in [1.54, 1.807) is 36.4 Å². The molecule has 3 aromatic carbocycles. The van der Waals surface area contributed by atoms with Crippen LogP contribution in [-0.2, 0) is 22.7 Å². The van der Waals surface area contributed by atoms with Gasteiger partial charge in [0.05, 0.1) is 18.2 Å². The minimum Gasteiger partial charge on any atom is -0.491 e. The zero-order valence-electron chi connectivity index (χ0n) is 19.5. The topological polar surface area (TPSA) is 49.9 Å². The molecule has 0 radical (unpaired) electrons. The van der Waals surface area contributed by atoms with Gasteiger partial charge in [-0.05, 0) is 54.8 Å². The summed E-state index contributed by atoms with van der Waals surface area (Å²) in [6.07, 6.45) is 0.0264. The second-order valence-corrected chi connectivity index (χ2v) is 8.58. The van der Waals surface area contributed by atoms with Gasteiger partial charge in [0, 0.05) is 13.6 Å². The molecule has 0 aromatic heterocycles. The molecular weight excluding hydrogens is 431 g/mol. The van der Waals surface area contributed by atoms with Crippen LogP contribution < -0.4 is 4.74 Å². The molecule has 0 unspecified atom stereocenters. The van der Waals surface area contributed by atoms with E-state index in [2.05, 4.69) is 0 Å². The van der Waals surface area contributed by atoms with Gasteiger partial charge < -0.3 is 9.64 Å². The Hall–Kier alpha value is -3.93. The molecule has 0 atom stereocenters. The largest absolute Gasteiger partial charge is 0.491 e. The molecule has 5 nitrogen and oxygen atoms in total. The van der Waals surface area contributed by atoms with Crippen LogP contribution in [-0.4, -0.2) is 34.8 Å². The van der Waals surface area contributed by atoms with Crippen LogP contribution in [0.25, 0.3) is 5.57 Å². The van der Waals surface area contributed by atoms with Crippen LogP contribution in [0.2, 0.25) is 0 Å². The monoisotopic (exact) mass is 458 g/mol. The number of carbonyl (C=O) groups is 2. The van der Waals surface area contributed by atoms with Crippen molar-refractivity contribution in [2.75, 3.05) is 7.05 Å². The molecule has 0 saturated heterocycles. The molecule has 174 valence electrons. The minimum absolute atomic E-state index is 0.0264. The predicted octanol–water partition coefficient (Wildman–Crippen LogP) is 5.03. The highest BCUT2D eigenvalue weighted by atomic mass is 19.1. The fourth-order valence-electron chi connectivity index (χ4n) is 4.00. The molecule has 1 aliphatic heterocycles. The van der Waals surface area contributed by atoms with Crippen LogP contribution in [0.5, 0.6) is 5.75 Å². The van der Waals surface area contributed by atoms with Crippen molar-refractivity contribution in [3.05, 3.63) is 107 Å². The minimum atomic E-state index is -0.373. The Balaban J connectivity index is 1.70. The van der Waals surface area contributed by atoms with E-state index in [0.717, 1.165) is 5.56 Å². The fourth-order valence-corrected chi connectivity index (χ4v) is 4.00. The quantitative estimate of drug-likeness (QED) is 0.445. The smallest absolute Gasteiger partial charge is 0.278 e. The second kappa shape index (κ2) is 9.91. The van der Waals surface area contributed by atoms with Gasteiger partial charge in [-0.1, -0.05) is 54.6 Å². The molecule has 0 aliphatic carbocycles. The average Bonchev–Trinajstić information content (AvgIpc) is 3.06. The standard InChI is InChI=1S/C28H27FN2O3/c1-19(2)34-24-15-11-22(12-16-24)25-26(30(3)17-20-7-5-4-6-8-20)28(33)31(27(25)32)18-21-9-13-23(29)14-10-21/h4-16,19H,17-18H2,1-3H3. The van der Waals surface area contributed by atoms with Crippen LogP contribution in [0, 0.1) is 5.82 Å². The molecule has 1 aliphatic rings. The summed E-state index contributed by atoms with van der Waals surface area (Å²) in [5.41, 5.74) is 3.03. The maximum Gasteiger partial charge on any atom is 0.278 e. The first kappa shape index (κ1) is 23.2. The Morgan fingerprint density at radius 1 is 0.853 bits per heavy atom.